The molecular weight excluding hydrogens is 330 g/mol. The molecule has 1 aromatic carbocycles. The highest BCUT2D eigenvalue weighted by atomic mass is 79.9. The second-order valence-electron chi connectivity index (χ2n) is 6.16. The van der Waals surface area contributed by atoms with Gasteiger partial charge in [-0.25, -0.2) is 0 Å². The molecule has 112 valence electrons. The number of halogens is 1. The maximum absolute atomic E-state index is 3.73. The molecule has 0 amide bonds. The molecule has 0 heterocycles. The van der Waals surface area contributed by atoms with E-state index in [2.05, 4.69) is 65.1 Å². The lowest BCUT2D eigenvalue weighted by Gasteiger charge is -2.21. The number of benzene rings is 1. The molecule has 1 aliphatic carbocycles. The second-order valence-corrected chi connectivity index (χ2v) is 8.38. The first kappa shape index (κ1) is 16.4. The van der Waals surface area contributed by atoms with Gasteiger partial charge in [0.2, 0.25) is 0 Å². The predicted molar refractivity (Wildman–Crippen MR) is 93.4 cm³/mol. The second kappa shape index (κ2) is 8.45. The van der Waals surface area contributed by atoms with Gasteiger partial charge in [0.1, 0.15) is 0 Å². The van der Waals surface area contributed by atoms with Crippen molar-refractivity contribution in [1.29, 1.82) is 0 Å². The van der Waals surface area contributed by atoms with Crippen LogP contribution in [-0.2, 0) is 6.54 Å². The van der Waals surface area contributed by atoms with Gasteiger partial charge in [-0.05, 0) is 43.0 Å². The molecule has 1 aromatic rings. The standard InChI is InChI=1S/C17H26BrNS/c1-13(2)11-19-12-14-8-9-16(10-17(14)18)20-15-6-4-3-5-7-15/h8-10,13,15,19H,3-7,11-12H2,1-2H3. The van der Waals surface area contributed by atoms with E-state index >= 15 is 0 Å². The number of hydrogen-bond donors (Lipinski definition) is 1. The van der Waals surface area contributed by atoms with Crippen LogP contribution in [-0.4, -0.2) is 11.8 Å². The molecule has 1 nitrogen and oxygen atoms in total. The normalized spacial score (nSPS) is 16.8. The largest absolute Gasteiger partial charge is 0.312 e. The van der Waals surface area contributed by atoms with E-state index in [9.17, 15) is 0 Å². The van der Waals surface area contributed by atoms with Crippen molar-refractivity contribution in [3.8, 4) is 0 Å². The van der Waals surface area contributed by atoms with Crippen molar-refractivity contribution in [2.45, 2.75) is 62.6 Å². The Labute approximate surface area is 136 Å². The summed E-state index contributed by atoms with van der Waals surface area (Å²) in [6.07, 6.45) is 7.03. The Bertz CT molecular complexity index is 413. The van der Waals surface area contributed by atoms with E-state index in [1.165, 1.54) is 47.0 Å². The van der Waals surface area contributed by atoms with Crippen LogP contribution in [0.2, 0.25) is 0 Å². The highest BCUT2D eigenvalue weighted by Gasteiger charge is 2.15. The van der Waals surface area contributed by atoms with E-state index in [-0.39, 0.29) is 0 Å². The van der Waals surface area contributed by atoms with Gasteiger partial charge in [0.25, 0.3) is 0 Å². The Morgan fingerprint density at radius 2 is 2.00 bits per heavy atom. The van der Waals surface area contributed by atoms with Crippen LogP contribution in [0.4, 0.5) is 0 Å². The van der Waals surface area contributed by atoms with Gasteiger partial charge < -0.3 is 5.32 Å². The Morgan fingerprint density at radius 1 is 1.25 bits per heavy atom. The Morgan fingerprint density at radius 3 is 2.65 bits per heavy atom. The van der Waals surface area contributed by atoms with Crippen LogP contribution in [0.1, 0.15) is 51.5 Å². The van der Waals surface area contributed by atoms with Crippen LogP contribution in [0.5, 0.6) is 0 Å². The van der Waals surface area contributed by atoms with Crippen LogP contribution < -0.4 is 5.32 Å². The molecule has 0 spiro atoms. The minimum absolute atomic E-state index is 0.704. The maximum Gasteiger partial charge on any atom is 0.0231 e. The van der Waals surface area contributed by atoms with Gasteiger partial charge in [-0.1, -0.05) is 55.1 Å². The Kier molecular flexibility index (Phi) is 6.92. The molecule has 0 aromatic heterocycles. The van der Waals surface area contributed by atoms with E-state index in [0.717, 1.165) is 18.3 Å². The van der Waals surface area contributed by atoms with Crippen molar-refractivity contribution >= 4 is 27.7 Å². The van der Waals surface area contributed by atoms with E-state index in [0.29, 0.717) is 5.92 Å². The summed E-state index contributed by atoms with van der Waals surface area (Å²) in [6, 6.07) is 6.85. The first-order valence-corrected chi connectivity index (χ1v) is 9.48. The molecule has 3 heteroatoms. The van der Waals surface area contributed by atoms with Gasteiger partial charge >= 0.3 is 0 Å². The molecule has 0 atom stereocenters. The summed E-state index contributed by atoms with van der Waals surface area (Å²) in [5.41, 5.74) is 1.36. The van der Waals surface area contributed by atoms with Crippen LogP contribution in [0, 0.1) is 5.92 Å². The SMILES string of the molecule is CC(C)CNCc1ccc(SC2CCCCC2)cc1Br. The average molecular weight is 356 g/mol. The third kappa shape index (κ3) is 5.42. The lowest BCUT2D eigenvalue weighted by molar-refractivity contribution is 0.516. The number of rotatable bonds is 6. The molecule has 1 aliphatic rings. The predicted octanol–water partition coefficient (Wildman–Crippen LogP) is 5.62. The van der Waals surface area contributed by atoms with Crippen molar-refractivity contribution in [2.24, 2.45) is 5.92 Å². The maximum atomic E-state index is 3.73. The first-order chi connectivity index (χ1) is 9.65. The molecular formula is C17H26BrNS. The summed E-state index contributed by atoms with van der Waals surface area (Å²) in [6.45, 7) is 6.51. The highest BCUT2D eigenvalue weighted by molar-refractivity contribution is 9.10. The molecule has 1 saturated carbocycles. The summed E-state index contributed by atoms with van der Waals surface area (Å²) < 4.78 is 1.24. The molecule has 2 rings (SSSR count). The van der Waals surface area contributed by atoms with E-state index in [1.807, 2.05) is 0 Å². The lowest BCUT2D eigenvalue weighted by atomic mass is 10.0. The summed E-state index contributed by atoms with van der Waals surface area (Å²) in [7, 11) is 0. The Hall–Kier alpha value is 0.01000. The Balaban J connectivity index is 1.87. The van der Waals surface area contributed by atoms with Crippen molar-refractivity contribution in [2.75, 3.05) is 6.54 Å². The van der Waals surface area contributed by atoms with E-state index in [1.54, 1.807) is 0 Å². The molecule has 0 bridgehead atoms. The minimum Gasteiger partial charge on any atom is -0.312 e. The molecule has 1 fully saturated rings. The summed E-state index contributed by atoms with van der Waals surface area (Å²) in [5.74, 6) is 0.704. The van der Waals surface area contributed by atoms with Crippen molar-refractivity contribution in [3.63, 3.8) is 0 Å². The fraction of sp³-hybridized carbons (Fsp3) is 0.647. The lowest BCUT2D eigenvalue weighted by Crippen LogP contribution is -2.19. The number of hydrogen-bond acceptors (Lipinski definition) is 2. The minimum atomic E-state index is 0.704. The first-order valence-electron chi connectivity index (χ1n) is 7.81. The van der Waals surface area contributed by atoms with Gasteiger partial charge in [-0.3, -0.25) is 0 Å². The number of nitrogens with one attached hydrogen (secondary N) is 1. The van der Waals surface area contributed by atoms with Crippen molar-refractivity contribution in [3.05, 3.63) is 28.2 Å². The highest BCUT2D eigenvalue weighted by Crippen LogP contribution is 2.35. The van der Waals surface area contributed by atoms with Gasteiger partial charge in [-0.15, -0.1) is 11.8 Å². The van der Waals surface area contributed by atoms with Crippen LogP contribution in [0.3, 0.4) is 0 Å². The zero-order valence-electron chi connectivity index (χ0n) is 12.6. The average Bonchev–Trinajstić information content (AvgIpc) is 2.42. The fourth-order valence-corrected chi connectivity index (χ4v) is 4.57. The topological polar surface area (TPSA) is 12.0 Å². The number of thioether (sulfide) groups is 1. The molecule has 0 saturated heterocycles. The van der Waals surface area contributed by atoms with E-state index in [4.69, 9.17) is 0 Å². The zero-order valence-corrected chi connectivity index (χ0v) is 15.0. The summed E-state index contributed by atoms with van der Waals surface area (Å²) >= 11 is 5.79. The fourth-order valence-electron chi connectivity index (χ4n) is 2.62. The van der Waals surface area contributed by atoms with Gasteiger partial charge in [0, 0.05) is 21.2 Å². The molecule has 0 unspecified atom stereocenters. The molecule has 0 radical (unpaired) electrons. The monoisotopic (exact) mass is 355 g/mol. The third-order valence-corrected chi connectivity index (χ3v) is 5.82. The van der Waals surface area contributed by atoms with Gasteiger partial charge in [-0.2, -0.15) is 0 Å². The van der Waals surface area contributed by atoms with Crippen LogP contribution >= 0.6 is 27.7 Å². The quantitative estimate of drug-likeness (QED) is 0.710. The zero-order chi connectivity index (χ0) is 14.4. The van der Waals surface area contributed by atoms with Crippen molar-refractivity contribution < 1.29 is 0 Å². The smallest absolute Gasteiger partial charge is 0.0231 e. The van der Waals surface area contributed by atoms with Gasteiger partial charge in [0.05, 0.1) is 0 Å². The summed E-state index contributed by atoms with van der Waals surface area (Å²) in [4.78, 5) is 1.41. The molecule has 0 aliphatic heterocycles. The molecule has 1 N–H and O–H groups in total. The third-order valence-electron chi connectivity index (χ3n) is 3.75. The molecule has 20 heavy (non-hydrogen) atoms. The van der Waals surface area contributed by atoms with Crippen LogP contribution in [0.15, 0.2) is 27.6 Å². The van der Waals surface area contributed by atoms with Gasteiger partial charge in [0.15, 0.2) is 0 Å². The van der Waals surface area contributed by atoms with E-state index < -0.39 is 0 Å². The summed E-state index contributed by atoms with van der Waals surface area (Å²) in [5, 5.41) is 4.34. The van der Waals surface area contributed by atoms with Crippen molar-refractivity contribution in [1.82, 2.24) is 5.32 Å². The van der Waals surface area contributed by atoms with Crippen LogP contribution in [0.25, 0.3) is 0 Å².